The van der Waals surface area contributed by atoms with E-state index in [1.807, 2.05) is 6.07 Å². The van der Waals surface area contributed by atoms with Gasteiger partial charge in [0.2, 0.25) is 0 Å². The van der Waals surface area contributed by atoms with E-state index in [0.29, 0.717) is 21.1 Å². The zero-order valence-corrected chi connectivity index (χ0v) is 10.6. The summed E-state index contributed by atoms with van der Waals surface area (Å²) in [5.74, 6) is 0.609. The van der Waals surface area contributed by atoms with Crippen molar-refractivity contribution in [1.82, 2.24) is 9.78 Å². The topological polar surface area (TPSA) is 53.1 Å². The molecule has 1 aromatic carbocycles. The van der Waals surface area contributed by atoms with Crippen molar-refractivity contribution < 1.29 is 4.74 Å². The van der Waals surface area contributed by atoms with E-state index in [0.717, 1.165) is 5.69 Å². The first-order valence-electron chi connectivity index (χ1n) is 4.80. The molecule has 0 aliphatic carbocycles. The van der Waals surface area contributed by atoms with E-state index >= 15 is 0 Å². The van der Waals surface area contributed by atoms with Crippen molar-refractivity contribution in [3.63, 3.8) is 0 Å². The third-order valence-electron chi connectivity index (χ3n) is 2.20. The van der Waals surface area contributed by atoms with Crippen LogP contribution < -0.4 is 10.5 Å². The van der Waals surface area contributed by atoms with Crippen molar-refractivity contribution in [2.45, 2.75) is 0 Å². The van der Waals surface area contributed by atoms with Crippen LogP contribution >= 0.6 is 23.8 Å². The highest BCUT2D eigenvalue weighted by atomic mass is 35.5. The summed E-state index contributed by atoms with van der Waals surface area (Å²) in [6.45, 7) is 0. The molecule has 0 saturated carbocycles. The Morgan fingerprint density at radius 2 is 2.18 bits per heavy atom. The van der Waals surface area contributed by atoms with Gasteiger partial charge in [-0.2, -0.15) is 5.10 Å². The first-order valence-corrected chi connectivity index (χ1v) is 5.59. The smallest absolute Gasteiger partial charge is 0.137 e. The van der Waals surface area contributed by atoms with Crippen molar-refractivity contribution in [3.05, 3.63) is 40.1 Å². The Kier molecular flexibility index (Phi) is 3.31. The second-order valence-electron chi connectivity index (χ2n) is 3.36. The molecule has 2 N–H and O–H groups in total. The predicted molar refractivity (Wildman–Crippen MR) is 70.4 cm³/mol. The number of hydrogen-bond acceptors (Lipinski definition) is 4. The van der Waals surface area contributed by atoms with E-state index in [9.17, 15) is 0 Å². The van der Waals surface area contributed by atoms with Gasteiger partial charge in [0.15, 0.2) is 0 Å². The molecule has 0 fully saturated rings. The van der Waals surface area contributed by atoms with Crippen molar-refractivity contribution in [2.24, 2.45) is 0 Å². The molecule has 6 heteroatoms. The van der Waals surface area contributed by atoms with Gasteiger partial charge in [0.25, 0.3) is 0 Å². The highest BCUT2D eigenvalue weighted by molar-refractivity contribution is 7.71. The van der Waals surface area contributed by atoms with Gasteiger partial charge in [-0.15, -0.1) is 0 Å². The molecule has 2 aromatic rings. The van der Waals surface area contributed by atoms with Gasteiger partial charge in [-0.25, -0.2) is 4.68 Å². The van der Waals surface area contributed by atoms with Crippen molar-refractivity contribution in [3.8, 4) is 11.4 Å². The molecule has 0 unspecified atom stereocenters. The molecule has 0 saturated heterocycles. The maximum absolute atomic E-state index is 6.04. The third kappa shape index (κ3) is 2.40. The van der Waals surface area contributed by atoms with E-state index < -0.39 is 0 Å². The summed E-state index contributed by atoms with van der Waals surface area (Å²) in [7, 11) is 1.56. The fourth-order valence-electron chi connectivity index (χ4n) is 1.40. The zero-order valence-electron chi connectivity index (χ0n) is 9.05. The number of methoxy groups -OCH3 is 1. The van der Waals surface area contributed by atoms with Crippen LogP contribution in [0.25, 0.3) is 5.69 Å². The van der Waals surface area contributed by atoms with Crippen LogP contribution in [0.3, 0.4) is 0 Å². The van der Waals surface area contributed by atoms with E-state index in [2.05, 4.69) is 5.10 Å². The van der Waals surface area contributed by atoms with Crippen LogP contribution in [0.2, 0.25) is 5.02 Å². The molecule has 0 aliphatic rings. The number of ether oxygens (including phenoxy) is 1. The summed E-state index contributed by atoms with van der Waals surface area (Å²) in [6, 6.07) is 6.99. The van der Waals surface area contributed by atoms with E-state index in [1.54, 1.807) is 30.0 Å². The lowest BCUT2D eigenvalue weighted by Crippen LogP contribution is -2.03. The van der Waals surface area contributed by atoms with Gasteiger partial charge in [0.05, 0.1) is 29.7 Å². The quantitative estimate of drug-likeness (QED) is 0.850. The lowest BCUT2D eigenvalue weighted by atomic mass is 10.3. The number of aromatic nitrogens is 2. The number of rotatable bonds is 2. The molecule has 2 rings (SSSR count). The first-order chi connectivity index (χ1) is 8.11. The lowest BCUT2D eigenvalue weighted by Gasteiger charge is -2.08. The Balaban J connectivity index is 2.54. The third-order valence-corrected chi connectivity index (χ3v) is 2.79. The van der Waals surface area contributed by atoms with Crippen LogP contribution in [0.5, 0.6) is 5.75 Å². The van der Waals surface area contributed by atoms with Gasteiger partial charge in [-0.05, 0) is 24.3 Å². The van der Waals surface area contributed by atoms with Gasteiger partial charge in [0, 0.05) is 0 Å². The molecule has 17 heavy (non-hydrogen) atoms. The SMILES string of the molecule is COc1ccc(-n2ncc(N)cc2=S)cc1Cl. The molecule has 0 spiro atoms. The molecule has 0 amide bonds. The Morgan fingerprint density at radius 3 is 2.76 bits per heavy atom. The average Bonchev–Trinajstić information content (AvgIpc) is 2.29. The van der Waals surface area contributed by atoms with Gasteiger partial charge in [0.1, 0.15) is 10.4 Å². The number of hydrogen-bond donors (Lipinski definition) is 1. The molecular weight excluding hydrogens is 258 g/mol. The minimum absolute atomic E-state index is 0.505. The van der Waals surface area contributed by atoms with Gasteiger partial charge in [-0.1, -0.05) is 23.8 Å². The van der Waals surface area contributed by atoms with Gasteiger partial charge >= 0.3 is 0 Å². The molecule has 88 valence electrons. The van der Waals surface area contributed by atoms with Crippen LogP contribution in [-0.2, 0) is 0 Å². The molecule has 1 heterocycles. The Hall–Kier alpha value is -1.59. The van der Waals surface area contributed by atoms with E-state index in [4.69, 9.17) is 34.3 Å². The average molecular weight is 268 g/mol. The second kappa shape index (κ2) is 4.73. The maximum atomic E-state index is 6.04. The summed E-state index contributed by atoms with van der Waals surface area (Å²) in [4.78, 5) is 0. The van der Waals surface area contributed by atoms with Crippen molar-refractivity contribution in [1.29, 1.82) is 0 Å². The zero-order chi connectivity index (χ0) is 12.4. The minimum Gasteiger partial charge on any atom is -0.495 e. The summed E-state index contributed by atoms with van der Waals surface area (Å²) >= 11 is 11.2. The summed E-state index contributed by atoms with van der Waals surface area (Å²) in [5.41, 5.74) is 6.89. The van der Waals surface area contributed by atoms with Crippen LogP contribution in [-0.4, -0.2) is 16.9 Å². The number of nitrogen functional groups attached to an aromatic ring is 1. The lowest BCUT2D eigenvalue weighted by molar-refractivity contribution is 0.415. The highest BCUT2D eigenvalue weighted by Crippen LogP contribution is 2.26. The number of benzene rings is 1. The molecule has 4 nitrogen and oxygen atoms in total. The summed E-state index contributed by atoms with van der Waals surface area (Å²) < 4.78 is 7.18. The highest BCUT2D eigenvalue weighted by Gasteiger charge is 2.04. The van der Waals surface area contributed by atoms with Crippen LogP contribution in [0, 0.1) is 4.64 Å². The second-order valence-corrected chi connectivity index (χ2v) is 4.18. The predicted octanol–water partition coefficient (Wildman–Crippen LogP) is 2.85. The molecule has 0 atom stereocenters. The fraction of sp³-hybridized carbons (Fsp3) is 0.0909. The monoisotopic (exact) mass is 267 g/mol. The Labute approximate surface area is 109 Å². The van der Waals surface area contributed by atoms with E-state index in [-0.39, 0.29) is 0 Å². The largest absolute Gasteiger partial charge is 0.495 e. The minimum atomic E-state index is 0.505. The summed E-state index contributed by atoms with van der Waals surface area (Å²) in [5, 5.41) is 4.64. The Morgan fingerprint density at radius 1 is 1.41 bits per heavy atom. The maximum Gasteiger partial charge on any atom is 0.137 e. The van der Waals surface area contributed by atoms with E-state index in [1.165, 1.54) is 6.20 Å². The molecule has 1 aromatic heterocycles. The van der Waals surface area contributed by atoms with Crippen molar-refractivity contribution in [2.75, 3.05) is 12.8 Å². The summed E-state index contributed by atoms with van der Waals surface area (Å²) in [6.07, 6.45) is 1.54. The number of halogens is 1. The molecule has 0 bridgehead atoms. The normalized spacial score (nSPS) is 10.2. The molecule has 0 radical (unpaired) electrons. The standard InChI is InChI=1S/C11H10ClN3OS/c1-16-10-3-2-8(5-9(10)12)15-11(17)4-7(13)6-14-15/h2-6H,13H2,1H3. The molecule has 0 aliphatic heterocycles. The van der Waals surface area contributed by atoms with Crippen molar-refractivity contribution >= 4 is 29.5 Å². The number of nitrogens with zero attached hydrogens (tertiary/aromatic N) is 2. The molecular formula is C11H10ClN3OS. The van der Waals surface area contributed by atoms with Crippen LogP contribution in [0.4, 0.5) is 5.69 Å². The van der Waals surface area contributed by atoms with Gasteiger partial charge in [-0.3, -0.25) is 0 Å². The van der Waals surface area contributed by atoms with Crippen LogP contribution in [0.15, 0.2) is 30.5 Å². The number of nitrogens with two attached hydrogens (primary N) is 1. The van der Waals surface area contributed by atoms with Gasteiger partial charge < -0.3 is 10.5 Å². The first kappa shape index (κ1) is 11.9. The van der Waals surface area contributed by atoms with Crippen LogP contribution in [0.1, 0.15) is 0 Å². The Bertz CT molecular complexity index is 612. The number of anilines is 1. The fourth-order valence-corrected chi connectivity index (χ4v) is 1.94.